The molecule has 0 saturated heterocycles. The number of aromatic nitrogens is 2. The summed E-state index contributed by atoms with van der Waals surface area (Å²) in [5, 5.41) is 64.5. The lowest BCUT2D eigenvalue weighted by molar-refractivity contribution is -0.144. The molecule has 33 heteroatoms. The number of amides is 4. The maximum Gasteiger partial charge on any atom is 0.326 e. The molecular weight excluding hydrogens is 1700 g/mol. The summed E-state index contributed by atoms with van der Waals surface area (Å²) in [5.74, 6) is -8.80. The minimum atomic E-state index is -1.17. The highest BCUT2D eigenvalue weighted by molar-refractivity contribution is 5.93. The van der Waals surface area contributed by atoms with Crippen LogP contribution in [0.25, 0.3) is 0 Å². The fraction of sp³-hybridized carbons (Fsp3) is 0.800. The van der Waals surface area contributed by atoms with Crippen LogP contribution < -0.4 is 60.6 Å². The standard InChI is InChI=1S/C100H177N13O20/c1-74(80(101)49-39-44-67-110-96(127)82(103)51-32-28-31-47-78(114)60-61-86(99(132)133)113-92(121)55-35-25-21-17-13-9-5-7-11-15-19-23-27-37-57-94(124)125)107-64-45-41-53-85(98(130)131)111-72-89(118)75(58-62-90(119)100(2,3)70-88(117)84(105)69-77-71-106-73-112-77)46-38-42-66-109-95(126)83(104)52-33-29-34-54-87(116)81(102)50-40-43-65-108-91(120)63-59-76(97(128)129)68-79(115)48-30-24-20-16-12-8-4-6-10-14-18-22-26-36-56-93(122)123/h71,73,75-76,80-86,107,111H,1,4-70,72,101-105H2,2-3H3,(H,106,112)(H,108,120)(H,109,126)(H,110,127)(H,113,121)(H,122,123)(H,124,125)(H,128,129)(H,130,131)(H,132,133)/t75-,76-,80+,81+,82+,83+,84+,85+,86+/m1/s1. The first-order chi connectivity index (χ1) is 63.6. The van der Waals surface area contributed by atoms with Gasteiger partial charge in [-0.15, -0.1) is 0 Å². The third kappa shape index (κ3) is 68.4. The molecule has 0 bridgehead atoms. The molecule has 33 nitrogen and oxygen atoms in total. The third-order valence-corrected chi connectivity index (χ3v) is 25.3. The highest BCUT2D eigenvalue weighted by Crippen LogP contribution is 2.29. The Balaban J connectivity index is 2.46. The predicted molar refractivity (Wildman–Crippen MR) is 517 cm³/mol. The van der Waals surface area contributed by atoms with Crippen LogP contribution in [0.5, 0.6) is 0 Å². The summed E-state index contributed by atoms with van der Waals surface area (Å²) >= 11 is 0. The maximum absolute atomic E-state index is 14.0. The fourth-order valence-electron chi connectivity index (χ4n) is 16.4. The van der Waals surface area contributed by atoms with Crippen molar-refractivity contribution < 1.29 is 97.5 Å². The van der Waals surface area contributed by atoms with E-state index < -0.39 is 83.3 Å². The molecule has 133 heavy (non-hydrogen) atoms. The number of ketones is 6. The van der Waals surface area contributed by atoms with Gasteiger partial charge in [-0.2, -0.15) is 0 Å². The van der Waals surface area contributed by atoms with Gasteiger partial charge >= 0.3 is 29.8 Å². The number of nitrogens with two attached hydrogens (primary N) is 5. The van der Waals surface area contributed by atoms with Crippen molar-refractivity contribution in [3.8, 4) is 0 Å². The maximum atomic E-state index is 14.0. The second kappa shape index (κ2) is 78.9. The lowest BCUT2D eigenvalue weighted by Gasteiger charge is -2.25. The van der Waals surface area contributed by atoms with Crippen LogP contribution in [0.4, 0.5) is 0 Å². The number of carboxylic acids is 5. The SMILES string of the molecule is C=C(NCCCC[C@H](NCC(=O)[C@H](CCCCNC(=O)[C@@H](N)CCCCCC(=O)[C@@H](N)CCCCNC(=O)CC[C@H](CC(=O)CCCCCCCCCCCCCCCCC(=O)O)C(=O)O)CCC(=O)C(C)(C)CC(=O)[C@@H](N)Cc1cnc[nH]1)C(=O)O)[C@@H](N)CCCCNC(=O)[C@@H](N)CCCCCC(=O)CC[C@H](NC(=O)CCCCCCCCCCCCCCCCC(=O)O)C(=O)O. The number of Topliss-reactive ketones (excluding diaryl/α,β-unsaturated/α-hetero) is 6. The summed E-state index contributed by atoms with van der Waals surface area (Å²) < 4.78 is 0. The van der Waals surface area contributed by atoms with Crippen molar-refractivity contribution in [3.05, 3.63) is 30.5 Å². The largest absolute Gasteiger partial charge is 0.481 e. The Morgan fingerprint density at radius 3 is 1.22 bits per heavy atom. The van der Waals surface area contributed by atoms with Crippen molar-refractivity contribution in [2.75, 3.05) is 32.7 Å². The van der Waals surface area contributed by atoms with Crippen LogP contribution >= 0.6 is 0 Å². The molecule has 762 valence electrons. The Morgan fingerprint density at radius 2 is 0.752 bits per heavy atom. The number of carbonyl (C=O) groups excluding carboxylic acids is 10. The van der Waals surface area contributed by atoms with Gasteiger partial charge in [-0.3, -0.25) is 72.4 Å². The third-order valence-electron chi connectivity index (χ3n) is 25.3. The number of nitrogens with one attached hydrogen (secondary N) is 7. The van der Waals surface area contributed by atoms with Crippen LogP contribution in [-0.2, 0) is 78.3 Å². The van der Waals surface area contributed by atoms with Crippen LogP contribution in [0, 0.1) is 17.3 Å². The van der Waals surface area contributed by atoms with Crippen LogP contribution in [-0.4, -0.2) is 199 Å². The number of aliphatic carboxylic acids is 5. The van der Waals surface area contributed by atoms with Gasteiger partial charge in [-0.05, 0) is 141 Å². The van der Waals surface area contributed by atoms with E-state index >= 15 is 0 Å². The molecule has 22 N–H and O–H groups in total. The van der Waals surface area contributed by atoms with Gasteiger partial charge < -0.3 is 85.8 Å². The normalized spacial score (nSPS) is 13.6. The van der Waals surface area contributed by atoms with Crippen molar-refractivity contribution in [2.24, 2.45) is 45.9 Å². The number of hydrogen-bond donors (Lipinski definition) is 17. The number of aromatic amines is 1. The van der Waals surface area contributed by atoms with Crippen molar-refractivity contribution >= 4 is 88.2 Å². The molecule has 0 aliphatic heterocycles. The van der Waals surface area contributed by atoms with Crippen LogP contribution in [0.15, 0.2) is 24.8 Å². The average molecular weight is 1880 g/mol. The molecule has 0 radical (unpaired) electrons. The quantitative estimate of drug-likeness (QED) is 0.0269. The number of nitrogens with zero attached hydrogens (tertiary/aromatic N) is 1. The van der Waals surface area contributed by atoms with Crippen molar-refractivity contribution in [1.82, 2.24) is 41.9 Å². The predicted octanol–water partition coefficient (Wildman–Crippen LogP) is 13.8. The molecule has 0 fully saturated rings. The van der Waals surface area contributed by atoms with Crippen molar-refractivity contribution in [1.29, 1.82) is 0 Å². The number of unbranched alkanes of at least 4 members (excludes halogenated alkanes) is 34. The Hall–Kier alpha value is -8.24. The number of rotatable bonds is 96. The number of carboxylic acid groups (broad SMARTS) is 5. The molecule has 0 spiro atoms. The van der Waals surface area contributed by atoms with Crippen LogP contribution in [0.1, 0.15) is 418 Å². The topological polar surface area (TPSA) is 588 Å². The van der Waals surface area contributed by atoms with E-state index in [1.54, 1.807) is 20.0 Å². The van der Waals surface area contributed by atoms with E-state index in [4.69, 9.17) is 38.9 Å². The summed E-state index contributed by atoms with van der Waals surface area (Å²) in [4.78, 5) is 195. The van der Waals surface area contributed by atoms with Gasteiger partial charge in [0.1, 0.15) is 41.0 Å². The van der Waals surface area contributed by atoms with Gasteiger partial charge in [-0.25, -0.2) is 9.78 Å². The summed E-state index contributed by atoms with van der Waals surface area (Å²) in [6.07, 6.45) is 45.1. The van der Waals surface area contributed by atoms with E-state index in [-0.39, 0.29) is 174 Å². The molecule has 1 aromatic heterocycles. The Kier molecular flexibility index (Phi) is 72.8. The first kappa shape index (κ1) is 123. The van der Waals surface area contributed by atoms with Gasteiger partial charge in [0.05, 0.1) is 43.0 Å². The zero-order chi connectivity index (χ0) is 98.7. The van der Waals surface area contributed by atoms with Gasteiger partial charge in [0.15, 0.2) is 5.78 Å². The van der Waals surface area contributed by atoms with Gasteiger partial charge in [0, 0.05) is 138 Å². The monoisotopic (exact) mass is 1880 g/mol. The second-order valence-corrected chi connectivity index (χ2v) is 37.8. The van der Waals surface area contributed by atoms with Crippen LogP contribution in [0.2, 0.25) is 0 Å². The number of hydrogen-bond acceptors (Lipinski definition) is 23. The van der Waals surface area contributed by atoms with Gasteiger partial charge in [-0.1, -0.05) is 207 Å². The number of imidazole rings is 1. The summed E-state index contributed by atoms with van der Waals surface area (Å²) in [5.41, 5.74) is 31.5. The summed E-state index contributed by atoms with van der Waals surface area (Å²) in [6.45, 7) is 8.62. The summed E-state index contributed by atoms with van der Waals surface area (Å²) in [7, 11) is 0. The van der Waals surface area contributed by atoms with E-state index in [0.717, 1.165) is 109 Å². The molecule has 0 saturated carbocycles. The van der Waals surface area contributed by atoms with E-state index in [0.29, 0.717) is 166 Å². The molecule has 9 atom stereocenters. The molecule has 1 rings (SSSR count). The lowest BCUT2D eigenvalue weighted by Crippen LogP contribution is -2.41. The highest BCUT2D eigenvalue weighted by Gasteiger charge is 2.34. The summed E-state index contributed by atoms with van der Waals surface area (Å²) in [6, 6.07) is -5.65. The van der Waals surface area contributed by atoms with E-state index in [1.165, 1.54) is 70.5 Å². The number of H-pyrrole nitrogens is 1. The zero-order valence-corrected chi connectivity index (χ0v) is 81.3. The smallest absolute Gasteiger partial charge is 0.326 e. The van der Waals surface area contributed by atoms with E-state index in [1.807, 2.05) is 0 Å². The molecule has 1 aromatic rings. The van der Waals surface area contributed by atoms with E-state index in [2.05, 4.69) is 48.4 Å². The fourth-order valence-corrected chi connectivity index (χ4v) is 16.4. The minimum absolute atomic E-state index is 0.0142. The Bertz CT molecular complexity index is 3450. The minimum Gasteiger partial charge on any atom is -0.481 e. The van der Waals surface area contributed by atoms with E-state index in [9.17, 15) is 87.2 Å². The highest BCUT2D eigenvalue weighted by atomic mass is 16.4. The average Bonchev–Trinajstić information content (AvgIpc) is 1.49. The lowest BCUT2D eigenvalue weighted by atomic mass is 9.78. The Labute approximate surface area is 793 Å². The van der Waals surface area contributed by atoms with Gasteiger partial charge in [0.2, 0.25) is 23.6 Å². The van der Waals surface area contributed by atoms with Crippen molar-refractivity contribution in [3.63, 3.8) is 0 Å². The number of carbonyl (C=O) groups is 15. The second-order valence-electron chi connectivity index (χ2n) is 37.8. The van der Waals surface area contributed by atoms with Gasteiger partial charge in [0.25, 0.3) is 0 Å². The molecule has 4 amide bonds. The molecular formula is C100H177N13O20. The molecule has 0 aliphatic carbocycles. The molecule has 0 aromatic carbocycles. The Morgan fingerprint density at radius 1 is 0.353 bits per heavy atom. The first-order valence-corrected chi connectivity index (χ1v) is 50.9. The first-order valence-electron chi connectivity index (χ1n) is 50.9. The molecule has 0 aliphatic rings. The molecule has 1 heterocycles. The van der Waals surface area contributed by atoms with Crippen LogP contribution in [0.3, 0.4) is 0 Å². The zero-order valence-electron chi connectivity index (χ0n) is 81.3. The van der Waals surface area contributed by atoms with Crippen molar-refractivity contribution in [2.45, 2.75) is 461 Å². The molecule has 0 unspecified atom stereocenters.